The maximum absolute atomic E-state index is 4.09. The molecule has 3 aromatic rings. The van der Waals surface area contributed by atoms with Crippen molar-refractivity contribution in [3.8, 4) is 5.69 Å². The maximum atomic E-state index is 4.09. The van der Waals surface area contributed by atoms with Gasteiger partial charge in [-0.2, -0.15) is 0 Å². The van der Waals surface area contributed by atoms with Crippen molar-refractivity contribution in [3.05, 3.63) is 47.2 Å². The molecule has 1 aromatic carbocycles. The van der Waals surface area contributed by atoms with Crippen LogP contribution in [-0.2, 0) is 0 Å². The molecule has 3 rings (SSSR count). The average Bonchev–Trinajstić information content (AvgIpc) is 3.13. The van der Waals surface area contributed by atoms with Gasteiger partial charge in [0.25, 0.3) is 0 Å². The van der Waals surface area contributed by atoms with Crippen molar-refractivity contribution in [2.24, 2.45) is 0 Å². The van der Waals surface area contributed by atoms with Crippen molar-refractivity contribution in [1.82, 2.24) is 25.2 Å². The number of tetrazole rings is 1. The first kappa shape index (κ1) is 11.8. The van der Waals surface area contributed by atoms with Gasteiger partial charge in [0.15, 0.2) is 0 Å². The molecule has 1 atom stereocenters. The van der Waals surface area contributed by atoms with E-state index in [9.17, 15) is 0 Å². The van der Waals surface area contributed by atoms with Gasteiger partial charge in [-0.25, -0.2) is 4.68 Å². The highest BCUT2D eigenvalue weighted by atomic mass is 32.1. The van der Waals surface area contributed by atoms with Crippen molar-refractivity contribution in [2.45, 2.75) is 13.0 Å². The summed E-state index contributed by atoms with van der Waals surface area (Å²) in [4.78, 5) is 5.29. The normalized spacial score (nSPS) is 12.3. The smallest absolute Gasteiger partial charge is 0.143 e. The van der Waals surface area contributed by atoms with Crippen LogP contribution in [0.3, 0.4) is 0 Å². The fourth-order valence-electron chi connectivity index (χ4n) is 1.78. The summed E-state index contributed by atoms with van der Waals surface area (Å²) in [6.45, 7) is 2.11. The lowest BCUT2D eigenvalue weighted by Crippen LogP contribution is -2.05. The Labute approximate surface area is 114 Å². The average molecular weight is 272 g/mol. The first-order valence-corrected chi connectivity index (χ1v) is 6.69. The molecule has 7 heteroatoms. The maximum Gasteiger partial charge on any atom is 0.143 e. The van der Waals surface area contributed by atoms with Gasteiger partial charge in [0, 0.05) is 16.8 Å². The van der Waals surface area contributed by atoms with Gasteiger partial charge >= 0.3 is 0 Å². The predicted molar refractivity (Wildman–Crippen MR) is 73.3 cm³/mol. The van der Waals surface area contributed by atoms with Gasteiger partial charge in [-0.1, -0.05) is 6.07 Å². The molecule has 0 saturated carbocycles. The van der Waals surface area contributed by atoms with E-state index in [-0.39, 0.29) is 6.04 Å². The van der Waals surface area contributed by atoms with Crippen LogP contribution in [0, 0.1) is 0 Å². The second-order valence-corrected chi connectivity index (χ2v) is 4.99. The molecule has 0 radical (unpaired) electrons. The lowest BCUT2D eigenvalue weighted by atomic mass is 10.2. The summed E-state index contributed by atoms with van der Waals surface area (Å²) in [5, 5.41) is 14.6. The van der Waals surface area contributed by atoms with Crippen molar-refractivity contribution >= 4 is 17.0 Å². The number of rotatable bonds is 4. The second kappa shape index (κ2) is 5.15. The van der Waals surface area contributed by atoms with E-state index in [0.29, 0.717) is 0 Å². The number of thiazole rings is 1. The van der Waals surface area contributed by atoms with Crippen molar-refractivity contribution in [1.29, 1.82) is 0 Å². The van der Waals surface area contributed by atoms with Gasteiger partial charge in [-0.15, -0.1) is 16.4 Å². The van der Waals surface area contributed by atoms with E-state index in [1.807, 2.05) is 36.0 Å². The van der Waals surface area contributed by atoms with E-state index in [0.717, 1.165) is 11.4 Å². The summed E-state index contributed by atoms with van der Waals surface area (Å²) in [5.74, 6) is 0. The molecule has 96 valence electrons. The monoisotopic (exact) mass is 272 g/mol. The highest BCUT2D eigenvalue weighted by Crippen LogP contribution is 2.23. The molecule has 0 amide bonds. The number of hydrogen-bond acceptors (Lipinski definition) is 6. The second-order valence-electron chi connectivity index (χ2n) is 4.07. The molecule has 2 heterocycles. The summed E-state index contributed by atoms with van der Waals surface area (Å²) < 4.78 is 1.63. The van der Waals surface area contributed by atoms with E-state index in [2.05, 4.69) is 32.7 Å². The molecule has 0 aliphatic carbocycles. The van der Waals surface area contributed by atoms with Gasteiger partial charge in [0.1, 0.15) is 6.33 Å². The van der Waals surface area contributed by atoms with Gasteiger partial charge in [-0.05, 0) is 35.5 Å². The van der Waals surface area contributed by atoms with Crippen LogP contribution in [0.2, 0.25) is 0 Å². The lowest BCUT2D eigenvalue weighted by Gasteiger charge is -2.13. The zero-order valence-electron chi connectivity index (χ0n) is 10.3. The molecule has 1 N–H and O–H groups in total. The lowest BCUT2D eigenvalue weighted by molar-refractivity contribution is 0.788. The zero-order chi connectivity index (χ0) is 13.1. The SMILES string of the molecule is CC(Nc1cccc(-n2cnnn2)c1)c1cncs1. The Kier molecular flexibility index (Phi) is 3.20. The van der Waals surface area contributed by atoms with E-state index < -0.39 is 0 Å². The van der Waals surface area contributed by atoms with E-state index in [1.54, 1.807) is 22.3 Å². The Morgan fingerprint density at radius 2 is 2.32 bits per heavy atom. The van der Waals surface area contributed by atoms with Gasteiger partial charge in [-0.3, -0.25) is 4.98 Å². The summed E-state index contributed by atoms with van der Waals surface area (Å²) in [7, 11) is 0. The molecule has 6 nitrogen and oxygen atoms in total. The number of hydrogen-bond donors (Lipinski definition) is 1. The molecule has 0 saturated heterocycles. The molecule has 1 unspecified atom stereocenters. The summed E-state index contributed by atoms with van der Waals surface area (Å²) in [6, 6.07) is 8.17. The number of anilines is 1. The topological polar surface area (TPSA) is 68.5 Å². The quantitative estimate of drug-likeness (QED) is 0.789. The fraction of sp³-hybridized carbons (Fsp3) is 0.167. The zero-order valence-corrected chi connectivity index (χ0v) is 11.1. The molecular formula is C12H12N6S. The number of nitrogens with one attached hydrogen (secondary N) is 1. The van der Waals surface area contributed by atoms with Crippen LogP contribution in [0.4, 0.5) is 5.69 Å². The van der Waals surface area contributed by atoms with Crippen LogP contribution in [-0.4, -0.2) is 25.2 Å². The van der Waals surface area contributed by atoms with E-state index >= 15 is 0 Å². The molecule has 0 spiro atoms. The van der Waals surface area contributed by atoms with Crippen LogP contribution in [0.25, 0.3) is 5.69 Å². The molecular weight excluding hydrogens is 260 g/mol. The van der Waals surface area contributed by atoms with Crippen LogP contribution in [0.1, 0.15) is 17.8 Å². The Morgan fingerprint density at radius 3 is 3.05 bits per heavy atom. The summed E-state index contributed by atoms with van der Waals surface area (Å²) >= 11 is 1.64. The fourth-order valence-corrected chi connectivity index (χ4v) is 2.41. The first-order chi connectivity index (χ1) is 9.33. The molecule has 0 aliphatic heterocycles. The first-order valence-electron chi connectivity index (χ1n) is 5.81. The summed E-state index contributed by atoms with van der Waals surface area (Å²) in [5.41, 5.74) is 3.78. The molecule has 0 fully saturated rings. The Bertz CT molecular complexity index is 634. The van der Waals surface area contributed by atoms with Crippen LogP contribution in [0.5, 0.6) is 0 Å². The van der Waals surface area contributed by atoms with Crippen molar-refractivity contribution in [3.63, 3.8) is 0 Å². The Balaban J connectivity index is 1.80. The van der Waals surface area contributed by atoms with E-state index in [4.69, 9.17) is 0 Å². The standard InChI is InChI=1S/C12H12N6S/c1-9(12-6-13-8-19-12)15-10-3-2-4-11(5-10)18-7-14-16-17-18/h2-9,15H,1H3. The molecule has 19 heavy (non-hydrogen) atoms. The Hall–Kier alpha value is -2.28. The number of nitrogens with zero attached hydrogens (tertiary/aromatic N) is 5. The third kappa shape index (κ3) is 2.60. The van der Waals surface area contributed by atoms with Crippen LogP contribution >= 0.6 is 11.3 Å². The Morgan fingerprint density at radius 1 is 1.37 bits per heavy atom. The third-order valence-corrected chi connectivity index (χ3v) is 3.68. The van der Waals surface area contributed by atoms with Gasteiger partial charge in [0.2, 0.25) is 0 Å². The highest BCUT2D eigenvalue weighted by molar-refractivity contribution is 7.09. The molecule has 0 bridgehead atoms. The van der Waals surface area contributed by atoms with Crippen molar-refractivity contribution < 1.29 is 0 Å². The highest BCUT2D eigenvalue weighted by Gasteiger charge is 2.07. The third-order valence-electron chi connectivity index (χ3n) is 2.72. The number of benzene rings is 1. The van der Waals surface area contributed by atoms with Gasteiger partial charge < -0.3 is 5.32 Å². The predicted octanol–water partition coefficient (Wildman–Crippen LogP) is 2.29. The van der Waals surface area contributed by atoms with Crippen molar-refractivity contribution in [2.75, 3.05) is 5.32 Å². The summed E-state index contributed by atoms with van der Waals surface area (Å²) in [6.07, 6.45) is 3.46. The van der Waals surface area contributed by atoms with Gasteiger partial charge in [0.05, 0.1) is 17.2 Å². The minimum atomic E-state index is 0.219. The van der Waals surface area contributed by atoms with Crippen LogP contribution in [0.15, 0.2) is 42.3 Å². The van der Waals surface area contributed by atoms with Crippen LogP contribution < -0.4 is 5.32 Å². The minimum absolute atomic E-state index is 0.219. The number of aromatic nitrogens is 5. The molecule has 0 aliphatic rings. The minimum Gasteiger partial charge on any atom is -0.378 e. The molecule has 2 aromatic heterocycles. The van der Waals surface area contributed by atoms with E-state index in [1.165, 1.54) is 4.88 Å². The largest absolute Gasteiger partial charge is 0.378 e.